The Bertz CT molecular complexity index is 380. The average Bonchev–Trinajstić information content (AvgIpc) is 2.40. The van der Waals surface area contributed by atoms with E-state index in [2.05, 4.69) is 5.32 Å². The predicted octanol–water partition coefficient (Wildman–Crippen LogP) is 1.43. The minimum atomic E-state index is -0.411. The van der Waals surface area contributed by atoms with Gasteiger partial charge in [-0.3, -0.25) is 9.69 Å². The van der Waals surface area contributed by atoms with Gasteiger partial charge < -0.3 is 5.32 Å². The van der Waals surface area contributed by atoms with Gasteiger partial charge >= 0.3 is 0 Å². The molecule has 0 unspecified atom stereocenters. The molecule has 0 aliphatic carbocycles. The first kappa shape index (κ1) is 12.1. The van der Waals surface area contributed by atoms with Crippen LogP contribution < -0.4 is 5.32 Å². The van der Waals surface area contributed by atoms with Crippen molar-refractivity contribution in [2.45, 2.75) is 18.3 Å². The van der Waals surface area contributed by atoms with E-state index < -0.39 is 5.41 Å². The van der Waals surface area contributed by atoms with Crippen LogP contribution in [0, 0.1) is 7.05 Å². The summed E-state index contributed by atoms with van der Waals surface area (Å²) >= 11 is 0. The zero-order chi connectivity index (χ0) is 12.3. The van der Waals surface area contributed by atoms with E-state index in [1.165, 1.54) is 0 Å². The van der Waals surface area contributed by atoms with Crippen LogP contribution in [0.4, 0.5) is 0 Å². The van der Waals surface area contributed by atoms with Crippen LogP contribution in [0.25, 0.3) is 0 Å². The minimum absolute atomic E-state index is 0.0943. The van der Waals surface area contributed by atoms with E-state index in [0.717, 1.165) is 31.5 Å². The van der Waals surface area contributed by atoms with Crippen molar-refractivity contribution < 1.29 is 4.79 Å². The van der Waals surface area contributed by atoms with Gasteiger partial charge in [-0.05, 0) is 31.5 Å². The van der Waals surface area contributed by atoms with Gasteiger partial charge in [-0.15, -0.1) is 0 Å². The molecule has 3 nitrogen and oxygen atoms in total. The second-order valence-electron chi connectivity index (χ2n) is 4.56. The third kappa shape index (κ3) is 2.20. The number of hydrogen-bond donors (Lipinski definition) is 1. The van der Waals surface area contributed by atoms with Crippen molar-refractivity contribution in [1.82, 2.24) is 10.2 Å². The first-order valence-electron chi connectivity index (χ1n) is 5.96. The van der Waals surface area contributed by atoms with E-state index in [4.69, 9.17) is 7.05 Å². The monoisotopic (exact) mass is 230 g/mol. The summed E-state index contributed by atoms with van der Waals surface area (Å²) in [7, 11) is 7.47. The highest BCUT2D eigenvalue weighted by atomic mass is 16.2. The molecule has 0 spiro atoms. The molecule has 1 fully saturated rings. The second kappa shape index (κ2) is 4.88. The van der Waals surface area contributed by atoms with E-state index in [1.54, 1.807) is 11.9 Å². The van der Waals surface area contributed by atoms with Crippen molar-refractivity contribution >= 4 is 5.91 Å². The van der Waals surface area contributed by atoms with Crippen LogP contribution in [-0.2, 0) is 10.2 Å². The molecule has 1 aromatic rings. The second-order valence-corrected chi connectivity index (χ2v) is 4.56. The SMILES string of the molecule is [CH]N1CCC(C(=O)NC)(c2ccccc2)CC1. The quantitative estimate of drug-likeness (QED) is 0.833. The summed E-state index contributed by atoms with van der Waals surface area (Å²) in [6.45, 7) is 1.50. The number of likely N-dealkylation sites (tertiary alicyclic amines) is 1. The Morgan fingerprint density at radius 2 is 1.88 bits per heavy atom. The Morgan fingerprint density at radius 1 is 1.29 bits per heavy atom. The first-order chi connectivity index (χ1) is 8.19. The van der Waals surface area contributed by atoms with Crippen LogP contribution in [0.2, 0.25) is 0 Å². The largest absolute Gasteiger partial charge is 0.358 e. The van der Waals surface area contributed by atoms with Gasteiger partial charge in [0.2, 0.25) is 5.91 Å². The zero-order valence-corrected chi connectivity index (χ0v) is 10.1. The molecule has 1 aliphatic heterocycles. The smallest absolute Gasteiger partial charge is 0.230 e. The number of piperidine rings is 1. The maximum Gasteiger partial charge on any atom is 0.230 e. The third-order valence-electron chi connectivity index (χ3n) is 3.64. The summed E-state index contributed by atoms with van der Waals surface area (Å²) in [5.74, 6) is 0.0943. The standard InChI is InChI=1S/C14H18N2O/c1-15-13(17)14(8-10-16(2)11-9-14)12-6-4-3-5-7-12/h2-7H,8-11H2,1H3,(H,15,17). The fraction of sp³-hybridized carbons (Fsp3) is 0.429. The van der Waals surface area contributed by atoms with Gasteiger partial charge in [-0.1, -0.05) is 30.3 Å². The fourth-order valence-corrected chi connectivity index (χ4v) is 2.55. The first-order valence-corrected chi connectivity index (χ1v) is 5.96. The lowest BCUT2D eigenvalue weighted by Crippen LogP contribution is -2.49. The molecule has 1 aliphatic rings. The number of rotatable bonds is 2. The van der Waals surface area contributed by atoms with Gasteiger partial charge in [-0.25, -0.2) is 0 Å². The molecule has 1 amide bonds. The average molecular weight is 230 g/mol. The van der Waals surface area contributed by atoms with Crippen LogP contribution in [0.5, 0.6) is 0 Å². The number of amides is 1. The molecular weight excluding hydrogens is 212 g/mol. The topological polar surface area (TPSA) is 32.3 Å². The molecular formula is C14H18N2O. The molecule has 1 heterocycles. The number of nitrogens with one attached hydrogen (secondary N) is 1. The molecule has 90 valence electrons. The van der Waals surface area contributed by atoms with Gasteiger partial charge in [0, 0.05) is 14.1 Å². The zero-order valence-electron chi connectivity index (χ0n) is 10.1. The highest BCUT2D eigenvalue weighted by Gasteiger charge is 2.41. The lowest BCUT2D eigenvalue weighted by Gasteiger charge is -2.39. The van der Waals surface area contributed by atoms with E-state index in [9.17, 15) is 4.79 Å². The summed E-state index contributed by atoms with van der Waals surface area (Å²) < 4.78 is 0. The molecule has 0 aromatic heterocycles. The van der Waals surface area contributed by atoms with Gasteiger partial charge in [0.05, 0.1) is 5.41 Å². The van der Waals surface area contributed by atoms with Crippen molar-refractivity contribution in [3.05, 3.63) is 42.9 Å². The van der Waals surface area contributed by atoms with E-state index >= 15 is 0 Å². The Balaban J connectivity index is 2.35. The molecule has 1 saturated heterocycles. The van der Waals surface area contributed by atoms with Gasteiger partial charge in [0.1, 0.15) is 0 Å². The molecule has 0 bridgehead atoms. The molecule has 2 rings (SSSR count). The Hall–Kier alpha value is -1.35. The van der Waals surface area contributed by atoms with E-state index in [1.807, 2.05) is 30.3 Å². The maximum absolute atomic E-state index is 12.2. The summed E-state index contributed by atoms with van der Waals surface area (Å²) in [4.78, 5) is 14.0. The van der Waals surface area contributed by atoms with Gasteiger partial charge in [0.25, 0.3) is 0 Å². The van der Waals surface area contributed by atoms with Gasteiger partial charge in [0.15, 0.2) is 0 Å². The minimum Gasteiger partial charge on any atom is -0.358 e. The van der Waals surface area contributed by atoms with E-state index in [0.29, 0.717) is 0 Å². The number of hydrogen-bond acceptors (Lipinski definition) is 2. The molecule has 1 N–H and O–H groups in total. The van der Waals surface area contributed by atoms with Gasteiger partial charge in [-0.2, -0.15) is 0 Å². The molecule has 0 atom stereocenters. The number of carbonyl (C=O) groups excluding carboxylic acids is 1. The Kier molecular flexibility index (Phi) is 3.48. The Morgan fingerprint density at radius 3 is 2.41 bits per heavy atom. The molecule has 0 saturated carbocycles. The van der Waals surface area contributed by atoms with Crippen LogP contribution in [-0.4, -0.2) is 30.9 Å². The van der Waals surface area contributed by atoms with Crippen LogP contribution in [0.15, 0.2) is 30.3 Å². The summed E-state index contributed by atoms with van der Waals surface area (Å²) in [6, 6.07) is 9.99. The highest BCUT2D eigenvalue weighted by molar-refractivity contribution is 5.88. The lowest BCUT2D eigenvalue weighted by molar-refractivity contribution is -0.127. The number of carbonyl (C=O) groups is 1. The molecule has 1 aromatic carbocycles. The fourth-order valence-electron chi connectivity index (χ4n) is 2.55. The Labute approximate surface area is 103 Å². The van der Waals surface area contributed by atoms with Crippen molar-refractivity contribution in [1.29, 1.82) is 0 Å². The summed E-state index contributed by atoms with van der Waals surface area (Å²) in [5.41, 5.74) is 0.679. The molecule has 17 heavy (non-hydrogen) atoms. The van der Waals surface area contributed by atoms with E-state index in [-0.39, 0.29) is 5.91 Å². The van der Waals surface area contributed by atoms with Crippen molar-refractivity contribution in [3.63, 3.8) is 0 Å². The highest BCUT2D eigenvalue weighted by Crippen LogP contribution is 2.35. The van der Waals surface area contributed by atoms with Crippen LogP contribution in [0.3, 0.4) is 0 Å². The van der Waals surface area contributed by atoms with Crippen molar-refractivity contribution in [2.24, 2.45) is 0 Å². The number of benzene rings is 1. The normalized spacial score (nSPS) is 19.9. The van der Waals surface area contributed by atoms with Crippen molar-refractivity contribution in [3.8, 4) is 0 Å². The van der Waals surface area contributed by atoms with Crippen molar-refractivity contribution in [2.75, 3.05) is 20.1 Å². The number of nitrogens with zero attached hydrogens (tertiary/aromatic N) is 1. The van der Waals surface area contributed by atoms with Crippen LogP contribution >= 0.6 is 0 Å². The third-order valence-corrected chi connectivity index (χ3v) is 3.64. The molecule has 3 heteroatoms. The molecule has 2 radical (unpaired) electrons. The lowest BCUT2D eigenvalue weighted by atomic mass is 9.72. The summed E-state index contributed by atoms with van der Waals surface area (Å²) in [6.07, 6.45) is 1.54. The summed E-state index contributed by atoms with van der Waals surface area (Å²) in [5, 5.41) is 2.79. The predicted molar refractivity (Wildman–Crippen MR) is 67.3 cm³/mol. The maximum atomic E-state index is 12.2. The van der Waals surface area contributed by atoms with Crippen LogP contribution in [0.1, 0.15) is 18.4 Å². The number of likely N-dealkylation sites (N-methyl/N-ethyl adjacent to an activating group) is 1.